The molecule has 0 aliphatic carbocycles. The molecule has 3 heterocycles. The van der Waals surface area contributed by atoms with Gasteiger partial charge in [0.1, 0.15) is 12.1 Å². The van der Waals surface area contributed by atoms with Gasteiger partial charge in [0, 0.05) is 31.3 Å². The van der Waals surface area contributed by atoms with Gasteiger partial charge >= 0.3 is 11.7 Å². The van der Waals surface area contributed by atoms with Gasteiger partial charge in [-0.3, -0.25) is 4.57 Å². The van der Waals surface area contributed by atoms with Gasteiger partial charge in [0.15, 0.2) is 11.5 Å². The molecule has 0 saturated heterocycles. The first-order chi connectivity index (χ1) is 15.2. The Kier molecular flexibility index (Phi) is 7.31. The van der Waals surface area contributed by atoms with Crippen LogP contribution < -0.4 is 20.9 Å². The predicted molar refractivity (Wildman–Crippen MR) is 121 cm³/mol. The minimum absolute atomic E-state index is 0.0101. The molecule has 3 N–H and O–H groups in total. The van der Waals surface area contributed by atoms with Crippen molar-refractivity contribution < 1.29 is 14.2 Å². The Bertz CT molecular complexity index is 1090. The summed E-state index contributed by atoms with van der Waals surface area (Å²) < 4.78 is 17.7. The molecule has 0 atom stereocenters. The van der Waals surface area contributed by atoms with Crippen molar-refractivity contribution >= 4 is 17.0 Å². The minimum atomic E-state index is -0.346. The van der Waals surface area contributed by atoms with E-state index in [-0.39, 0.29) is 36.1 Å². The number of imidazole rings is 1. The fraction of sp³-hybridized carbons (Fsp3) is 0.524. The number of aromatic nitrogens is 5. The number of nitrogen functional groups attached to an aromatic ring is 1. The summed E-state index contributed by atoms with van der Waals surface area (Å²) in [5.41, 5.74) is 7.16. The normalized spacial score (nSPS) is 11.9. The van der Waals surface area contributed by atoms with Crippen molar-refractivity contribution in [3.8, 4) is 11.9 Å². The zero-order valence-corrected chi connectivity index (χ0v) is 19.2. The first-order valence-electron chi connectivity index (χ1n) is 10.3. The van der Waals surface area contributed by atoms with Gasteiger partial charge in [-0.05, 0) is 19.7 Å². The first kappa shape index (κ1) is 23.5. The average Bonchev–Trinajstić information content (AvgIpc) is 3.03. The quantitative estimate of drug-likeness (QED) is 0.417. The van der Waals surface area contributed by atoms with E-state index in [1.807, 2.05) is 20.2 Å². The van der Waals surface area contributed by atoms with E-state index in [9.17, 15) is 4.79 Å². The van der Waals surface area contributed by atoms with E-state index in [1.165, 1.54) is 4.57 Å². The molecule has 0 fully saturated rings. The summed E-state index contributed by atoms with van der Waals surface area (Å²) in [5.74, 6) is 0.674. The topological polar surface area (TPSA) is 133 Å². The smallest absolute Gasteiger partial charge is 0.328 e. The second-order valence-electron chi connectivity index (χ2n) is 8.64. The van der Waals surface area contributed by atoms with Crippen molar-refractivity contribution in [2.24, 2.45) is 5.41 Å². The summed E-state index contributed by atoms with van der Waals surface area (Å²) in [6.07, 6.45) is 1.68. The van der Waals surface area contributed by atoms with Crippen LogP contribution in [0.1, 0.15) is 19.4 Å². The molecule has 0 unspecified atom stereocenters. The van der Waals surface area contributed by atoms with E-state index < -0.39 is 0 Å². The van der Waals surface area contributed by atoms with Crippen LogP contribution in [0.5, 0.6) is 11.9 Å². The molecule has 0 aromatic carbocycles. The summed E-state index contributed by atoms with van der Waals surface area (Å²) in [6.45, 7) is 6.64. The molecule has 3 aromatic heterocycles. The molecule has 11 heteroatoms. The SMILES string of the molecule is COCCOc1nc(N)c2[nH]c(=O)n(Cc3ccc(OCC(C)(C)CN(C)C)nc3)c2n1. The maximum absolute atomic E-state index is 12.5. The lowest BCUT2D eigenvalue weighted by atomic mass is 9.94. The summed E-state index contributed by atoms with van der Waals surface area (Å²) in [4.78, 5) is 30.1. The van der Waals surface area contributed by atoms with E-state index in [0.717, 1.165) is 12.1 Å². The number of anilines is 1. The van der Waals surface area contributed by atoms with Gasteiger partial charge in [-0.2, -0.15) is 9.97 Å². The van der Waals surface area contributed by atoms with Gasteiger partial charge in [-0.25, -0.2) is 9.78 Å². The predicted octanol–water partition coefficient (Wildman–Crippen LogP) is 1.14. The second-order valence-corrected chi connectivity index (χ2v) is 8.64. The van der Waals surface area contributed by atoms with E-state index >= 15 is 0 Å². The number of nitrogens with zero attached hydrogens (tertiary/aromatic N) is 5. The number of pyridine rings is 1. The van der Waals surface area contributed by atoms with Crippen LogP contribution in [0, 0.1) is 5.41 Å². The maximum atomic E-state index is 12.5. The van der Waals surface area contributed by atoms with Gasteiger partial charge in [-0.15, -0.1) is 0 Å². The Morgan fingerprint density at radius 2 is 1.97 bits per heavy atom. The molecule has 0 aliphatic rings. The van der Waals surface area contributed by atoms with Crippen LogP contribution in [0.25, 0.3) is 11.2 Å². The number of rotatable bonds is 11. The second kappa shape index (κ2) is 9.96. The van der Waals surface area contributed by atoms with Crippen molar-refractivity contribution in [1.29, 1.82) is 0 Å². The Morgan fingerprint density at radius 3 is 2.62 bits per heavy atom. The van der Waals surface area contributed by atoms with Gasteiger partial charge < -0.3 is 29.8 Å². The van der Waals surface area contributed by atoms with Crippen molar-refractivity contribution in [1.82, 2.24) is 29.4 Å². The number of fused-ring (bicyclic) bond motifs is 1. The monoisotopic (exact) mass is 445 g/mol. The number of methoxy groups -OCH3 is 1. The largest absolute Gasteiger partial charge is 0.477 e. The average molecular weight is 446 g/mol. The van der Waals surface area contributed by atoms with Crippen LogP contribution in [-0.2, 0) is 11.3 Å². The Morgan fingerprint density at radius 1 is 1.19 bits per heavy atom. The summed E-state index contributed by atoms with van der Waals surface area (Å²) in [5, 5.41) is 0. The van der Waals surface area contributed by atoms with Crippen LogP contribution in [0.4, 0.5) is 5.82 Å². The van der Waals surface area contributed by atoms with Crippen LogP contribution in [0.2, 0.25) is 0 Å². The molecule has 0 bridgehead atoms. The molecule has 0 spiro atoms. The third kappa shape index (κ3) is 5.95. The zero-order chi connectivity index (χ0) is 23.3. The highest BCUT2D eigenvalue weighted by atomic mass is 16.5. The Labute approximate surface area is 186 Å². The maximum Gasteiger partial charge on any atom is 0.328 e. The standard InChI is InChI=1S/C21H31N7O4/c1-21(2,12-27(3)4)13-32-15-7-6-14(10-23-15)11-28-18-16(24-20(28)29)17(22)25-19(26-18)31-9-8-30-5/h6-7,10H,8-9,11-13H2,1-5H3,(H,24,29)(H2,22,25,26). The lowest BCUT2D eigenvalue weighted by molar-refractivity contribution is 0.137. The highest BCUT2D eigenvalue weighted by Gasteiger charge is 2.20. The fourth-order valence-electron chi connectivity index (χ4n) is 3.40. The zero-order valence-electron chi connectivity index (χ0n) is 19.2. The third-order valence-corrected chi connectivity index (χ3v) is 4.64. The number of nitrogens with two attached hydrogens (primary N) is 1. The minimum Gasteiger partial charge on any atom is -0.477 e. The van der Waals surface area contributed by atoms with E-state index in [2.05, 4.69) is 38.7 Å². The molecule has 0 saturated carbocycles. The lowest BCUT2D eigenvalue weighted by Crippen LogP contribution is -2.33. The molecule has 3 rings (SSSR count). The van der Waals surface area contributed by atoms with Crippen LogP contribution >= 0.6 is 0 Å². The van der Waals surface area contributed by atoms with E-state index in [1.54, 1.807) is 19.4 Å². The molecule has 0 amide bonds. The van der Waals surface area contributed by atoms with Gasteiger partial charge in [-0.1, -0.05) is 19.9 Å². The van der Waals surface area contributed by atoms with Crippen molar-refractivity contribution in [2.75, 3.05) is 53.3 Å². The molecule has 0 aliphatic heterocycles. The van der Waals surface area contributed by atoms with Gasteiger partial charge in [0.05, 0.1) is 19.8 Å². The fourth-order valence-corrected chi connectivity index (χ4v) is 3.40. The number of nitrogens with one attached hydrogen (secondary N) is 1. The van der Waals surface area contributed by atoms with E-state index in [0.29, 0.717) is 30.3 Å². The van der Waals surface area contributed by atoms with Crippen LogP contribution in [0.3, 0.4) is 0 Å². The van der Waals surface area contributed by atoms with Gasteiger partial charge in [0.2, 0.25) is 5.88 Å². The number of aromatic amines is 1. The Balaban J connectivity index is 1.74. The lowest BCUT2D eigenvalue weighted by Gasteiger charge is -2.27. The molecule has 11 nitrogen and oxygen atoms in total. The highest BCUT2D eigenvalue weighted by molar-refractivity contribution is 5.81. The molecular formula is C21H31N7O4. The number of H-pyrrole nitrogens is 1. The van der Waals surface area contributed by atoms with Crippen LogP contribution in [0.15, 0.2) is 23.1 Å². The summed E-state index contributed by atoms with van der Waals surface area (Å²) in [6, 6.07) is 3.75. The number of hydrogen-bond acceptors (Lipinski definition) is 9. The van der Waals surface area contributed by atoms with Gasteiger partial charge in [0.25, 0.3) is 0 Å². The molecule has 32 heavy (non-hydrogen) atoms. The number of hydrogen-bond donors (Lipinski definition) is 2. The molecule has 0 radical (unpaired) electrons. The molecule has 3 aromatic rings. The molecule has 174 valence electrons. The highest BCUT2D eigenvalue weighted by Crippen LogP contribution is 2.20. The van der Waals surface area contributed by atoms with E-state index in [4.69, 9.17) is 19.9 Å². The van der Waals surface area contributed by atoms with Crippen LogP contribution in [-0.4, -0.2) is 77.0 Å². The third-order valence-electron chi connectivity index (χ3n) is 4.64. The number of ether oxygens (including phenoxy) is 3. The summed E-state index contributed by atoms with van der Waals surface area (Å²) in [7, 11) is 5.64. The van der Waals surface area contributed by atoms with Crippen molar-refractivity contribution in [2.45, 2.75) is 20.4 Å². The van der Waals surface area contributed by atoms with Crippen molar-refractivity contribution in [3.63, 3.8) is 0 Å². The van der Waals surface area contributed by atoms with Crippen molar-refractivity contribution in [3.05, 3.63) is 34.4 Å². The summed E-state index contributed by atoms with van der Waals surface area (Å²) >= 11 is 0. The molecular weight excluding hydrogens is 414 g/mol. The Hall–Kier alpha value is -3.18. The first-order valence-corrected chi connectivity index (χ1v) is 10.3.